The number of carbonyl (C=O) groups excluding carboxylic acids is 1. The number of aliphatic hydroxyl groups is 1. The lowest BCUT2D eigenvalue weighted by Crippen LogP contribution is -2.54. The summed E-state index contributed by atoms with van der Waals surface area (Å²) in [4.78, 5) is 21.6. The average molecular weight is 611 g/mol. The number of thiazole rings is 1. The third-order valence-electron chi connectivity index (χ3n) is 8.13. The summed E-state index contributed by atoms with van der Waals surface area (Å²) in [5, 5.41) is 20.5. The van der Waals surface area contributed by atoms with E-state index in [1.165, 1.54) is 30.6 Å². The van der Waals surface area contributed by atoms with Crippen LogP contribution in [0.4, 0.5) is 4.39 Å². The largest absolute Gasteiger partial charge is 0.471 e. The van der Waals surface area contributed by atoms with Crippen LogP contribution >= 0.6 is 11.3 Å². The van der Waals surface area contributed by atoms with Crippen LogP contribution in [0.15, 0.2) is 42.0 Å². The van der Waals surface area contributed by atoms with E-state index in [9.17, 15) is 14.3 Å². The van der Waals surface area contributed by atoms with Crippen molar-refractivity contribution in [1.29, 1.82) is 0 Å². The second kappa shape index (κ2) is 13.0. The standard InChI is InChI=1S/C33H43FN4O4S/c1-20-13-33(14-20)16-27(25-10-22(15-32(2,3)4)17-37-30(25)42-33)36-18-28(39)26(38-29(40)19-41-5)11-21-8-23(12-24(34)9-21)31-35-6-7-43-31/h6-10,12,17,20,26-28,36,39H,11,13-16,18-19H2,1-5H3,(H,38,40)/t20?,26-,27-,28+,33?/m0/s1. The molecule has 1 aliphatic carbocycles. The number of aromatic nitrogens is 2. The highest BCUT2D eigenvalue weighted by atomic mass is 32.1. The third kappa shape index (κ3) is 7.98. The number of pyridine rings is 1. The highest BCUT2D eigenvalue weighted by Gasteiger charge is 2.49. The topological polar surface area (TPSA) is 106 Å². The highest BCUT2D eigenvalue weighted by Crippen LogP contribution is 2.50. The van der Waals surface area contributed by atoms with Crippen LogP contribution < -0.4 is 15.4 Å². The third-order valence-corrected chi connectivity index (χ3v) is 8.95. The molecule has 1 aromatic carbocycles. The van der Waals surface area contributed by atoms with E-state index in [0.29, 0.717) is 27.9 Å². The summed E-state index contributed by atoms with van der Waals surface area (Å²) in [5.41, 5.74) is 3.31. The fourth-order valence-corrected chi connectivity index (χ4v) is 7.14. The molecule has 3 N–H and O–H groups in total. The minimum atomic E-state index is -0.958. The molecule has 0 bridgehead atoms. The Hall–Kier alpha value is -2.92. The summed E-state index contributed by atoms with van der Waals surface area (Å²) in [6.07, 6.45) is 6.47. The molecule has 0 saturated heterocycles. The van der Waals surface area contributed by atoms with Crippen molar-refractivity contribution in [2.24, 2.45) is 11.3 Å². The first-order valence-corrected chi connectivity index (χ1v) is 15.9. The van der Waals surface area contributed by atoms with Crippen LogP contribution in [0.3, 0.4) is 0 Å². The van der Waals surface area contributed by atoms with Gasteiger partial charge in [0.05, 0.1) is 12.1 Å². The van der Waals surface area contributed by atoms with E-state index in [0.717, 1.165) is 36.8 Å². The summed E-state index contributed by atoms with van der Waals surface area (Å²) in [6, 6.07) is 6.17. The van der Waals surface area contributed by atoms with Crippen molar-refractivity contribution in [1.82, 2.24) is 20.6 Å². The van der Waals surface area contributed by atoms with Gasteiger partial charge in [0.25, 0.3) is 0 Å². The van der Waals surface area contributed by atoms with Crippen LogP contribution in [-0.4, -0.2) is 59.0 Å². The van der Waals surface area contributed by atoms with Gasteiger partial charge in [0.15, 0.2) is 0 Å². The normalized spacial score (nSPS) is 22.8. The number of fused-ring (bicyclic) bond motifs is 1. The molecule has 5 rings (SSSR count). The molecule has 43 heavy (non-hydrogen) atoms. The Balaban J connectivity index is 1.35. The average Bonchev–Trinajstić information content (AvgIpc) is 3.45. The molecule has 1 amide bonds. The quantitative estimate of drug-likeness (QED) is 0.272. The lowest BCUT2D eigenvalue weighted by molar-refractivity contribution is -0.126. The molecule has 1 saturated carbocycles. The lowest BCUT2D eigenvalue weighted by atomic mass is 9.67. The number of benzene rings is 1. The molecule has 10 heteroatoms. The molecule has 8 nitrogen and oxygen atoms in total. The van der Waals surface area contributed by atoms with Gasteiger partial charge in [0.2, 0.25) is 11.8 Å². The molecule has 3 heterocycles. The Morgan fingerprint density at radius 2 is 2.00 bits per heavy atom. The minimum Gasteiger partial charge on any atom is -0.471 e. The van der Waals surface area contributed by atoms with Gasteiger partial charge in [-0.25, -0.2) is 14.4 Å². The summed E-state index contributed by atoms with van der Waals surface area (Å²) in [7, 11) is 1.45. The van der Waals surface area contributed by atoms with Crippen LogP contribution in [0.2, 0.25) is 0 Å². The first kappa shape index (κ1) is 31.5. The molecule has 3 atom stereocenters. The Kier molecular flexibility index (Phi) is 9.51. The van der Waals surface area contributed by atoms with E-state index >= 15 is 0 Å². The summed E-state index contributed by atoms with van der Waals surface area (Å²) in [5.74, 6) is 0.503. The zero-order valence-corrected chi connectivity index (χ0v) is 26.5. The van der Waals surface area contributed by atoms with Gasteiger partial charge in [-0.05, 0) is 72.4 Å². The van der Waals surface area contributed by atoms with Gasteiger partial charge in [-0.1, -0.05) is 27.7 Å². The van der Waals surface area contributed by atoms with Crippen molar-refractivity contribution in [3.63, 3.8) is 0 Å². The predicted octanol–water partition coefficient (Wildman–Crippen LogP) is 5.25. The van der Waals surface area contributed by atoms with Crippen molar-refractivity contribution in [2.75, 3.05) is 20.3 Å². The maximum Gasteiger partial charge on any atom is 0.246 e. The van der Waals surface area contributed by atoms with Gasteiger partial charge in [-0.15, -0.1) is 11.3 Å². The van der Waals surface area contributed by atoms with Gasteiger partial charge < -0.3 is 25.2 Å². The molecule has 1 aliphatic heterocycles. The van der Waals surface area contributed by atoms with Gasteiger partial charge in [-0.3, -0.25) is 4.79 Å². The monoisotopic (exact) mass is 610 g/mol. The van der Waals surface area contributed by atoms with Gasteiger partial charge in [0, 0.05) is 55.0 Å². The van der Waals surface area contributed by atoms with E-state index in [1.54, 1.807) is 6.20 Å². The van der Waals surface area contributed by atoms with E-state index in [1.807, 2.05) is 17.6 Å². The van der Waals surface area contributed by atoms with Crippen LogP contribution in [0, 0.1) is 17.2 Å². The Bertz CT molecular complexity index is 1400. The van der Waals surface area contributed by atoms with Crippen molar-refractivity contribution in [3.05, 3.63) is 64.5 Å². The van der Waals surface area contributed by atoms with Gasteiger partial charge in [0.1, 0.15) is 23.0 Å². The maximum atomic E-state index is 14.6. The van der Waals surface area contributed by atoms with E-state index in [2.05, 4.69) is 49.4 Å². The number of hydrogen-bond acceptors (Lipinski definition) is 8. The molecule has 0 radical (unpaired) electrons. The molecular weight excluding hydrogens is 567 g/mol. The van der Waals surface area contributed by atoms with Crippen molar-refractivity contribution in [2.45, 2.75) is 83.6 Å². The number of ether oxygens (including phenoxy) is 2. The van der Waals surface area contributed by atoms with E-state index < -0.39 is 18.0 Å². The number of hydrogen-bond donors (Lipinski definition) is 3. The summed E-state index contributed by atoms with van der Waals surface area (Å²) >= 11 is 1.43. The van der Waals surface area contributed by atoms with Crippen molar-refractivity contribution < 1.29 is 23.8 Å². The maximum absolute atomic E-state index is 14.6. The Labute approximate surface area is 257 Å². The molecular formula is C33H43FN4O4S. The predicted molar refractivity (Wildman–Crippen MR) is 166 cm³/mol. The first-order valence-electron chi connectivity index (χ1n) is 15.0. The molecule has 1 spiro atoms. The van der Waals surface area contributed by atoms with Crippen LogP contribution in [0.5, 0.6) is 5.88 Å². The number of methoxy groups -OCH3 is 1. The number of nitrogens with zero attached hydrogens (tertiary/aromatic N) is 2. The molecule has 2 aliphatic rings. The van der Waals surface area contributed by atoms with Crippen LogP contribution in [-0.2, 0) is 22.4 Å². The summed E-state index contributed by atoms with van der Waals surface area (Å²) < 4.78 is 26.1. The Morgan fingerprint density at radius 3 is 2.67 bits per heavy atom. The fourth-order valence-electron chi connectivity index (χ4n) is 6.51. The molecule has 0 unspecified atom stereocenters. The number of rotatable bonds is 11. The molecule has 232 valence electrons. The Morgan fingerprint density at radius 1 is 1.21 bits per heavy atom. The number of carbonyl (C=O) groups is 1. The zero-order chi connectivity index (χ0) is 30.8. The first-order chi connectivity index (χ1) is 20.4. The van der Waals surface area contributed by atoms with Gasteiger partial charge >= 0.3 is 0 Å². The van der Waals surface area contributed by atoms with Gasteiger partial charge in [-0.2, -0.15) is 0 Å². The van der Waals surface area contributed by atoms with Crippen molar-refractivity contribution >= 4 is 17.2 Å². The van der Waals surface area contributed by atoms with Crippen LogP contribution in [0.25, 0.3) is 10.6 Å². The second-order valence-electron chi connectivity index (χ2n) is 13.5. The smallest absolute Gasteiger partial charge is 0.246 e. The number of aliphatic hydroxyl groups excluding tert-OH is 1. The number of halogens is 1. The van der Waals surface area contributed by atoms with Crippen LogP contribution in [0.1, 0.15) is 69.7 Å². The molecule has 1 fully saturated rings. The molecule has 2 aromatic heterocycles. The number of amides is 1. The minimum absolute atomic E-state index is 0.0701. The highest BCUT2D eigenvalue weighted by molar-refractivity contribution is 7.13. The fraction of sp³-hybridized carbons (Fsp3) is 0.545. The number of nitrogens with one attached hydrogen (secondary N) is 2. The van der Waals surface area contributed by atoms with Crippen molar-refractivity contribution in [3.8, 4) is 16.5 Å². The summed E-state index contributed by atoms with van der Waals surface area (Å²) in [6.45, 7) is 8.92. The zero-order valence-electron chi connectivity index (χ0n) is 25.7. The van der Waals surface area contributed by atoms with E-state index in [-0.39, 0.29) is 42.5 Å². The van der Waals surface area contributed by atoms with E-state index in [4.69, 9.17) is 14.5 Å². The SMILES string of the molecule is COCC(=O)N[C@@H](Cc1cc(F)cc(-c2nccs2)c1)[C@H](O)CN[C@H]1CC2(CC(C)C2)Oc2ncc(CC(C)(C)C)cc21. The molecule has 3 aromatic rings. The second-order valence-corrected chi connectivity index (χ2v) is 14.4. The lowest BCUT2D eigenvalue weighted by Gasteiger charge is -2.50.